The first-order chi connectivity index (χ1) is 10.0. The molecule has 0 aromatic heterocycles. The molecule has 0 radical (unpaired) electrons. The first-order valence-electron chi connectivity index (χ1n) is 7.27. The summed E-state index contributed by atoms with van der Waals surface area (Å²) in [4.78, 5) is 22.8. The number of amides is 1. The molecule has 5 nitrogen and oxygen atoms in total. The van der Waals surface area contributed by atoms with Crippen molar-refractivity contribution in [2.45, 2.75) is 44.6 Å². The largest absolute Gasteiger partial charge is 0.484 e. The Kier molecular flexibility index (Phi) is 4.83. The minimum Gasteiger partial charge on any atom is -0.484 e. The highest BCUT2D eigenvalue weighted by molar-refractivity contribution is 5.80. The topological polar surface area (TPSA) is 75.6 Å². The maximum atomic E-state index is 11.9. The Hall–Kier alpha value is -2.04. The maximum Gasteiger partial charge on any atom is 0.305 e. The minimum absolute atomic E-state index is 0.0238. The van der Waals surface area contributed by atoms with E-state index >= 15 is 0 Å². The Morgan fingerprint density at radius 3 is 2.71 bits per heavy atom. The van der Waals surface area contributed by atoms with Crippen molar-refractivity contribution in [3.8, 4) is 5.75 Å². The van der Waals surface area contributed by atoms with Gasteiger partial charge in [0, 0.05) is 0 Å². The van der Waals surface area contributed by atoms with E-state index in [0.29, 0.717) is 5.75 Å². The van der Waals surface area contributed by atoms with E-state index in [-0.39, 0.29) is 18.9 Å². The van der Waals surface area contributed by atoms with Crippen LogP contribution in [-0.2, 0) is 16.0 Å². The number of aryl methyl sites for hydroxylation is 1. The highest BCUT2D eigenvalue weighted by Crippen LogP contribution is 2.34. The van der Waals surface area contributed by atoms with E-state index < -0.39 is 11.5 Å². The third-order valence-electron chi connectivity index (χ3n) is 3.88. The lowest BCUT2D eigenvalue weighted by molar-refractivity contribution is -0.140. The highest BCUT2D eigenvalue weighted by atomic mass is 16.5. The van der Waals surface area contributed by atoms with Gasteiger partial charge >= 0.3 is 5.97 Å². The van der Waals surface area contributed by atoms with Crippen LogP contribution >= 0.6 is 0 Å². The molecule has 5 heteroatoms. The van der Waals surface area contributed by atoms with Crippen LogP contribution in [0.25, 0.3) is 0 Å². The molecule has 1 aliphatic rings. The number of rotatable bonds is 7. The predicted molar refractivity (Wildman–Crippen MR) is 78.3 cm³/mol. The summed E-state index contributed by atoms with van der Waals surface area (Å²) in [6.07, 6.45) is 3.27. The van der Waals surface area contributed by atoms with Crippen LogP contribution < -0.4 is 10.1 Å². The average molecular weight is 291 g/mol. The van der Waals surface area contributed by atoms with Gasteiger partial charge in [0.2, 0.25) is 0 Å². The van der Waals surface area contributed by atoms with Crippen molar-refractivity contribution in [2.75, 3.05) is 6.61 Å². The van der Waals surface area contributed by atoms with Gasteiger partial charge in [-0.25, -0.2) is 0 Å². The van der Waals surface area contributed by atoms with E-state index in [4.69, 9.17) is 9.84 Å². The van der Waals surface area contributed by atoms with E-state index in [1.165, 1.54) is 0 Å². The van der Waals surface area contributed by atoms with Gasteiger partial charge in [0.05, 0.1) is 12.0 Å². The fourth-order valence-electron chi connectivity index (χ4n) is 2.57. The van der Waals surface area contributed by atoms with Crippen molar-refractivity contribution in [3.05, 3.63) is 29.8 Å². The van der Waals surface area contributed by atoms with Crippen molar-refractivity contribution in [1.82, 2.24) is 5.32 Å². The average Bonchev–Trinajstić information content (AvgIpc) is 2.42. The van der Waals surface area contributed by atoms with Crippen LogP contribution in [0.1, 0.15) is 38.2 Å². The van der Waals surface area contributed by atoms with Gasteiger partial charge in [0.15, 0.2) is 6.61 Å². The number of aliphatic carboxylic acids is 1. The summed E-state index contributed by atoms with van der Waals surface area (Å²) in [7, 11) is 0. The second kappa shape index (κ2) is 6.61. The van der Waals surface area contributed by atoms with E-state index in [9.17, 15) is 9.59 Å². The Labute approximate surface area is 124 Å². The van der Waals surface area contributed by atoms with Gasteiger partial charge in [-0.05, 0) is 43.4 Å². The summed E-state index contributed by atoms with van der Waals surface area (Å²) in [6.45, 7) is 1.96. The zero-order chi connectivity index (χ0) is 15.3. The molecule has 1 aromatic carbocycles. The van der Waals surface area contributed by atoms with E-state index in [2.05, 4.69) is 12.2 Å². The monoisotopic (exact) mass is 291 g/mol. The van der Waals surface area contributed by atoms with Crippen LogP contribution in [0.5, 0.6) is 5.75 Å². The molecule has 0 spiro atoms. The Bertz CT molecular complexity index is 523. The zero-order valence-electron chi connectivity index (χ0n) is 12.2. The normalized spacial score (nSPS) is 15.9. The smallest absolute Gasteiger partial charge is 0.305 e. The molecule has 0 saturated heterocycles. The number of carbonyl (C=O) groups excluding carboxylic acids is 1. The Morgan fingerprint density at radius 1 is 1.38 bits per heavy atom. The van der Waals surface area contributed by atoms with Crippen LogP contribution in [0.4, 0.5) is 0 Å². The Morgan fingerprint density at radius 2 is 2.14 bits per heavy atom. The lowest BCUT2D eigenvalue weighted by Gasteiger charge is -2.41. The van der Waals surface area contributed by atoms with Gasteiger partial charge in [-0.15, -0.1) is 0 Å². The highest BCUT2D eigenvalue weighted by Gasteiger charge is 2.40. The summed E-state index contributed by atoms with van der Waals surface area (Å²) >= 11 is 0. The first kappa shape index (κ1) is 15.4. The maximum absolute atomic E-state index is 11.9. The molecule has 2 rings (SSSR count). The number of carboxylic acid groups (broad SMARTS) is 1. The second-order valence-corrected chi connectivity index (χ2v) is 5.54. The number of hydrogen-bond donors (Lipinski definition) is 2. The molecular formula is C16H21NO4. The van der Waals surface area contributed by atoms with Gasteiger partial charge in [0.25, 0.3) is 5.91 Å². The van der Waals surface area contributed by atoms with E-state index in [1.807, 2.05) is 24.3 Å². The SMILES string of the molecule is CCc1cccc(OCC(=O)NC2(CC(=O)O)CCC2)c1. The summed E-state index contributed by atoms with van der Waals surface area (Å²) in [6, 6.07) is 7.61. The molecule has 1 fully saturated rings. The third-order valence-corrected chi connectivity index (χ3v) is 3.88. The van der Waals surface area contributed by atoms with Crippen LogP contribution in [0.3, 0.4) is 0 Å². The zero-order valence-corrected chi connectivity index (χ0v) is 12.2. The number of nitrogens with one attached hydrogen (secondary N) is 1. The van der Waals surface area contributed by atoms with Gasteiger partial charge in [-0.2, -0.15) is 0 Å². The van der Waals surface area contributed by atoms with Crippen LogP contribution in [0.15, 0.2) is 24.3 Å². The summed E-state index contributed by atoms with van der Waals surface area (Å²) in [5, 5.41) is 11.7. The molecule has 1 amide bonds. The second-order valence-electron chi connectivity index (χ2n) is 5.54. The van der Waals surface area contributed by atoms with Crippen molar-refractivity contribution in [2.24, 2.45) is 0 Å². The molecule has 114 valence electrons. The lowest BCUT2D eigenvalue weighted by atomic mass is 9.74. The van der Waals surface area contributed by atoms with Gasteiger partial charge < -0.3 is 15.2 Å². The number of carboxylic acids is 1. The molecule has 0 bridgehead atoms. The molecule has 0 aliphatic heterocycles. The van der Waals surface area contributed by atoms with Crippen molar-refractivity contribution >= 4 is 11.9 Å². The van der Waals surface area contributed by atoms with Crippen LogP contribution in [0.2, 0.25) is 0 Å². The Balaban J connectivity index is 1.85. The van der Waals surface area contributed by atoms with Gasteiger partial charge in [-0.3, -0.25) is 9.59 Å². The molecule has 1 aromatic rings. The van der Waals surface area contributed by atoms with Crippen molar-refractivity contribution in [3.63, 3.8) is 0 Å². The summed E-state index contributed by atoms with van der Waals surface area (Å²) < 4.78 is 5.47. The standard InChI is InChI=1S/C16H21NO4/c1-2-12-5-3-6-13(9-12)21-11-14(18)17-16(7-4-8-16)10-15(19)20/h3,5-6,9H,2,4,7-8,10-11H2,1H3,(H,17,18)(H,19,20). The number of hydrogen-bond acceptors (Lipinski definition) is 3. The minimum atomic E-state index is -0.883. The van der Waals surface area contributed by atoms with Crippen LogP contribution in [0, 0.1) is 0 Å². The van der Waals surface area contributed by atoms with Crippen molar-refractivity contribution < 1.29 is 19.4 Å². The molecule has 0 unspecified atom stereocenters. The number of ether oxygens (including phenoxy) is 1. The van der Waals surface area contributed by atoms with Gasteiger partial charge in [-0.1, -0.05) is 19.1 Å². The first-order valence-corrected chi connectivity index (χ1v) is 7.27. The molecule has 0 heterocycles. The van der Waals surface area contributed by atoms with Crippen LogP contribution in [-0.4, -0.2) is 29.1 Å². The molecule has 2 N–H and O–H groups in total. The summed E-state index contributed by atoms with van der Waals surface area (Å²) in [5.74, 6) is -0.491. The summed E-state index contributed by atoms with van der Waals surface area (Å²) in [5.41, 5.74) is 0.576. The number of benzene rings is 1. The van der Waals surface area contributed by atoms with Gasteiger partial charge in [0.1, 0.15) is 5.75 Å². The lowest BCUT2D eigenvalue weighted by Crippen LogP contribution is -2.55. The van der Waals surface area contributed by atoms with E-state index in [1.54, 1.807) is 0 Å². The molecule has 21 heavy (non-hydrogen) atoms. The predicted octanol–water partition coefficient (Wildman–Crippen LogP) is 2.14. The molecule has 0 atom stereocenters. The van der Waals surface area contributed by atoms with E-state index in [0.717, 1.165) is 31.2 Å². The molecular weight excluding hydrogens is 270 g/mol. The number of carbonyl (C=O) groups is 2. The fraction of sp³-hybridized carbons (Fsp3) is 0.500. The fourth-order valence-corrected chi connectivity index (χ4v) is 2.57. The quantitative estimate of drug-likeness (QED) is 0.807. The molecule has 1 aliphatic carbocycles. The van der Waals surface area contributed by atoms with Crippen molar-refractivity contribution in [1.29, 1.82) is 0 Å². The third kappa shape index (κ3) is 4.21. The molecule has 1 saturated carbocycles.